The molecule has 0 aliphatic carbocycles. The summed E-state index contributed by atoms with van der Waals surface area (Å²) in [6, 6.07) is 0. The van der Waals surface area contributed by atoms with E-state index in [1.807, 2.05) is 19.0 Å². The molecule has 0 amide bonds. The molecule has 0 rings (SSSR count). The molecule has 0 aliphatic heterocycles. The first-order chi connectivity index (χ1) is 4.63. The zero-order valence-electron chi connectivity index (χ0n) is 5.98. The maximum atomic E-state index is 9.74. The standard InChI is InChI=1S/C5H10N2O2S/c1-6(2)5-10-4-3-7(8)9/h3-4H,5H2,1-2H3. The molecule has 0 fully saturated rings. The lowest BCUT2D eigenvalue weighted by molar-refractivity contribution is -0.402. The van der Waals surface area contributed by atoms with Gasteiger partial charge < -0.3 is 0 Å². The minimum Gasteiger partial charge on any atom is -0.300 e. The first-order valence-electron chi connectivity index (χ1n) is 2.69. The first-order valence-corrected chi connectivity index (χ1v) is 3.74. The van der Waals surface area contributed by atoms with Crippen LogP contribution in [0.15, 0.2) is 11.6 Å². The second-order valence-corrected chi connectivity index (χ2v) is 2.81. The highest BCUT2D eigenvalue weighted by Gasteiger charge is 1.87. The van der Waals surface area contributed by atoms with Crippen LogP contribution in [-0.2, 0) is 0 Å². The van der Waals surface area contributed by atoms with Crippen LogP contribution >= 0.6 is 11.8 Å². The van der Waals surface area contributed by atoms with Gasteiger partial charge in [-0.05, 0) is 14.1 Å². The average molecular weight is 162 g/mol. The van der Waals surface area contributed by atoms with E-state index in [0.717, 1.165) is 12.1 Å². The van der Waals surface area contributed by atoms with E-state index in [9.17, 15) is 10.1 Å². The summed E-state index contributed by atoms with van der Waals surface area (Å²) in [5.41, 5.74) is 0. The zero-order valence-corrected chi connectivity index (χ0v) is 6.80. The van der Waals surface area contributed by atoms with Crippen LogP contribution < -0.4 is 0 Å². The lowest BCUT2D eigenvalue weighted by atomic mass is 11.0. The molecule has 0 spiro atoms. The molecular formula is C5H10N2O2S. The van der Waals surface area contributed by atoms with Gasteiger partial charge in [-0.25, -0.2) is 0 Å². The number of thioether (sulfide) groups is 1. The SMILES string of the molecule is CN(C)CSC=C[N+](=O)[O-]. The predicted octanol–water partition coefficient (Wildman–Crippen LogP) is 0.987. The number of hydrogen-bond acceptors (Lipinski definition) is 4. The van der Waals surface area contributed by atoms with Gasteiger partial charge in [0.15, 0.2) is 0 Å². The second kappa shape index (κ2) is 5.25. The van der Waals surface area contributed by atoms with Gasteiger partial charge in [0.2, 0.25) is 6.20 Å². The minimum atomic E-state index is -0.470. The Morgan fingerprint density at radius 3 is 2.70 bits per heavy atom. The van der Waals surface area contributed by atoms with E-state index in [0.29, 0.717) is 0 Å². The van der Waals surface area contributed by atoms with Gasteiger partial charge in [-0.2, -0.15) is 0 Å². The Kier molecular flexibility index (Phi) is 4.96. The van der Waals surface area contributed by atoms with Gasteiger partial charge in [0.25, 0.3) is 0 Å². The highest BCUT2D eigenvalue weighted by atomic mass is 32.2. The molecule has 10 heavy (non-hydrogen) atoms. The van der Waals surface area contributed by atoms with Crippen LogP contribution in [0.1, 0.15) is 0 Å². The van der Waals surface area contributed by atoms with Crippen LogP contribution in [0, 0.1) is 10.1 Å². The molecule has 58 valence electrons. The zero-order chi connectivity index (χ0) is 7.98. The highest BCUT2D eigenvalue weighted by Crippen LogP contribution is 2.01. The van der Waals surface area contributed by atoms with Crippen molar-refractivity contribution in [1.82, 2.24) is 4.90 Å². The van der Waals surface area contributed by atoms with Crippen LogP contribution in [-0.4, -0.2) is 29.8 Å². The summed E-state index contributed by atoms with van der Waals surface area (Å²) in [4.78, 5) is 11.2. The molecule has 0 aromatic heterocycles. The highest BCUT2D eigenvalue weighted by molar-refractivity contribution is 8.02. The van der Waals surface area contributed by atoms with E-state index in [2.05, 4.69) is 0 Å². The number of nitrogens with zero attached hydrogens (tertiary/aromatic N) is 2. The van der Waals surface area contributed by atoms with E-state index in [4.69, 9.17) is 0 Å². The molecule has 0 bridgehead atoms. The Morgan fingerprint density at radius 2 is 2.30 bits per heavy atom. The van der Waals surface area contributed by atoms with Crippen molar-refractivity contribution in [3.05, 3.63) is 21.7 Å². The largest absolute Gasteiger partial charge is 0.300 e. The molecule has 0 atom stereocenters. The molecule has 0 aromatic rings. The Morgan fingerprint density at radius 1 is 1.70 bits per heavy atom. The van der Waals surface area contributed by atoms with Crippen LogP contribution in [0.3, 0.4) is 0 Å². The maximum absolute atomic E-state index is 9.74. The molecule has 0 unspecified atom stereocenters. The predicted molar refractivity (Wildman–Crippen MR) is 42.3 cm³/mol. The topological polar surface area (TPSA) is 46.4 Å². The normalized spacial score (nSPS) is 11.1. The van der Waals surface area contributed by atoms with Crippen molar-refractivity contribution >= 4 is 11.8 Å². The van der Waals surface area contributed by atoms with E-state index in [1.54, 1.807) is 0 Å². The Balaban J connectivity index is 3.27. The van der Waals surface area contributed by atoms with Crippen LogP contribution in [0.2, 0.25) is 0 Å². The Hall–Kier alpha value is -0.550. The summed E-state index contributed by atoms with van der Waals surface area (Å²) in [5, 5.41) is 11.2. The minimum absolute atomic E-state index is 0.470. The lowest BCUT2D eigenvalue weighted by Gasteiger charge is -2.03. The van der Waals surface area contributed by atoms with Gasteiger partial charge in [0.1, 0.15) is 0 Å². The van der Waals surface area contributed by atoms with Crippen molar-refractivity contribution in [2.24, 2.45) is 0 Å². The first kappa shape index (κ1) is 9.45. The summed E-state index contributed by atoms with van der Waals surface area (Å²) >= 11 is 1.39. The van der Waals surface area contributed by atoms with E-state index in [-0.39, 0.29) is 0 Å². The van der Waals surface area contributed by atoms with E-state index >= 15 is 0 Å². The van der Waals surface area contributed by atoms with Gasteiger partial charge in [-0.15, -0.1) is 11.8 Å². The summed E-state index contributed by atoms with van der Waals surface area (Å²) in [7, 11) is 3.82. The van der Waals surface area contributed by atoms with Gasteiger partial charge in [0.05, 0.1) is 4.92 Å². The lowest BCUT2D eigenvalue weighted by Crippen LogP contribution is -2.08. The molecular weight excluding hydrogens is 152 g/mol. The summed E-state index contributed by atoms with van der Waals surface area (Å²) in [5.74, 6) is 0.768. The van der Waals surface area contributed by atoms with E-state index in [1.165, 1.54) is 17.2 Å². The number of rotatable bonds is 4. The van der Waals surface area contributed by atoms with Gasteiger partial charge in [-0.1, -0.05) is 0 Å². The fourth-order valence-electron chi connectivity index (χ4n) is 0.285. The van der Waals surface area contributed by atoms with Gasteiger partial charge >= 0.3 is 0 Å². The third-order valence-electron chi connectivity index (χ3n) is 0.612. The Bertz CT molecular complexity index is 136. The molecule has 0 saturated carbocycles. The molecule has 0 radical (unpaired) electrons. The fraction of sp³-hybridized carbons (Fsp3) is 0.600. The van der Waals surface area contributed by atoms with Crippen molar-refractivity contribution in [1.29, 1.82) is 0 Å². The van der Waals surface area contributed by atoms with Crippen molar-refractivity contribution in [2.75, 3.05) is 20.0 Å². The Labute approximate surface area is 64.0 Å². The third kappa shape index (κ3) is 7.45. The molecule has 0 aliphatic rings. The van der Waals surface area contributed by atoms with Crippen LogP contribution in [0.5, 0.6) is 0 Å². The quantitative estimate of drug-likeness (QED) is 0.351. The third-order valence-corrected chi connectivity index (χ3v) is 1.59. The molecule has 0 heterocycles. The van der Waals surface area contributed by atoms with Crippen molar-refractivity contribution in [3.63, 3.8) is 0 Å². The second-order valence-electron chi connectivity index (χ2n) is 1.95. The summed E-state index contributed by atoms with van der Waals surface area (Å²) in [6.07, 6.45) is 0.939. The average Bonchev–Trinajstić information content (AvgIpc) is 1.79. The summed E-state index contributed by atoms with van der Waals surface area (Å²) < 4.78 is 0. The molecule has 5 heteroatoms. The van der Waals surface area contributed by atoms with Crippen molar-refractivity contribution < 1.29 is 4.92 Å². The molecule has 0 N–H and O–H groups in total. The van der Waals surface area contributed by atoms with Crippen LogP contribution in [0.25, 0.3) is 0 Å². The molecule has 4 nitrogen and oxygen atoms in total. The van der Waals surface area contributed by atoms with Crippen molar-refractivity contribution in [2.45, 2.75) is 0 Å². The summed E-state index contributed by atoms with van der Waals surface area (Å²) in [6.45, 7) is 0. The molecule has 0 saturated heterocycles. The monoisotopic (exact) mass is 162 g/mol. The number of nitro groups is 1. The van der Waals surface area contributed by atoms with Gasteiger partial charge in [-0.3, -0.25) is 15.0 Å². The van der Waals surface area contributed by atoms with Crippen LogP contribution in [0.4, 0.5) is 0 Å². The van der Waals surface area contributed by atoms with Crippen molar-refractivity contribution in [3.8, 4) is 0 Å². The maximum Gasteiger partial charge on any atom is 0.240 e. The molecule has 0 aromatic carbocycles. The van der Waals surface area contributed by atoms with Gasteiger partial charge in [0, 0.05) is 11.3 Å². The fourth-order valence-corrected chi connectivity index (χ4v) is 0.854. The van der Waals surface area contributed by atoms with E-state index < -0.39 is 4.92 Å². The smallest absolute Gasteiger partial charge is 0.240 e. The number of hydrogen-bond donors (Lipinski definition) is 0.